The van der Waals surface area contributed by atoms with E-state index in [0.717, 1.165) is 112 Å². The first kappa shape index (κ1) is 51.7. The molecule has 0 amide bonds. The molecule has 10 rings (SSSR count). The van der Waals surface area contributed by atoms with E-state index in [1.54, 1.807) is 0 Å². The van der Waals surface area contributed by atoms with Gasteiger partial charge < -0.3 is 21.3 Å². The average molecular weight is 1040 g/mol. The molecule has 8 aromatic rings. The first-order valence-corrected chi connectivity index (χ1v) is 28.6. The molecule has 0 spiro atoms. The van der Waals surface area contributed by atoms with Gasteiger partial charge in [-0.15, -0.1) is 0 Å². The molecule has 0 unspecified atom stereocenters. The second-order valence-electron chi connectivity index (χ2n) is 19.6. The number of unbranched alkanes of at least 4 members (excludes halogenated alkanes) is 5. The van der Waals surface area contributed by atoms with E-state index in [1.165, 1.54) is 52.7 Å². The Hall–Kier alpha value is -7.80. The number of aromatic nitrogens is 2. The van der Waals surface area contributed by atoms with Crippen molar-refractivity contribution < 1.29 is 9.13 Å². The van der Waals surface area contributed by atoms with Crippen LogP contribution >= 0.6 is 22.7 Å². The zero-order valence-corrected chi connectivity index (χ0v) is 45.5. The average Bonchev–Trinajstić information content (AvgIpc) is 4.01. The van der Waals surface area contributed by atoms with Crippen LogP contribution < -0.4 is 40.2 Å². The van der Waals surface area contributed by atoms with Gasteiger partial charge in [0.25, 0.3) is 10.0 Å². The molecule has 2 aromatic heterocycles. The fourth-order valence-electron chi connectivity index (χ4n) is 10.2. The van der Waals surface area contributed by atoms with Crippen molar-refractivity contribution in [3.05, 3.63) is 203 Å². The molecule has 76 heavy (non-hydrogen) atoms. The zero-order valence-electron chi connectivity index (χ0n) is 43.8. The van der Waals surface area contributed by atoms with Crippen LogP contribution in [0, 0.1) is 10.8 Å². The summed E-state index contributed by atoms with van der Waals surface area (Å²) in [6, 6.07) is 55.8. The van der Waals surface area contributed by atoms with E-state index < -0.39 is 0 Å². The van der Waals surface area contributed by atoms with Crippen molar-refractivity contribution in [2.24, 2.45) is 14.1 Å². The molecule has 0 atom stereocenters. The molecule has 2 aliphatic rings. The Balaban J connectivity index is 0.625. The van der Waals surface area contributed by atoms with Gasteiger partial charge in [0.15, 0.2) is 0 Å². The number of aryl methyl sites for hydroxylation is 2. The molecule has 386 valence electrons. The number of anilines is 4. The van der Waals surface area contributed by atoms with Gasteiger partial charge >= 0.3 is 0 Å². The summed E-state index contributed by atoms with van der Waals surface area (Å²) < 4.78 is 7.14. The first-order chi connectivity index (χ1) is 37.4. The summed E-state index contributed by atoms with van der Waals surface area (Å²) >= 11 is 3.64. The Morgan fingerprint density at radius 1 is 0.447 bits per heavy atom. The van der Waals surface area contributed by atoms with Crippen LogP contribution in [0.3, 0.4) is 0 Å². The molecule has 4 heterocycles. The van der Waals surface area contributed by atoms with Gasteiger partial charge in [-0.1, -0.05) is 120 Å². The second-order valence-corrected chi connectivity index (χ2v) is 21.7. The van der Waals surface area contributed by atoms with Gasteiger partial charge in [-0.2, -0.15) is 9.13 Å². The molecular weight excluding hydrogens is 973 g/mol. The maximum Gasteiger partial charge on any atom is 0.263 e. The number of fused-ring (bicyclic) bond motifs is 4. The van der Waals surface area contributed by atoms with E-state index in [0.29, 0.717) is 24.5 Å². The van der Waals surface area contributed by atoms with Crippen molar-refractivity contribution >= 4 is 101 Å². The van der Waals surface area contributed by atoms with Gasteiger partial charge in [0, 0.05) is 85.8 Å². The normalized spacial score (nSPS) is 14.1. The highest BCUT2D eigenvalue weighted by atomic mass is 32.1. The first-order valence-electron chi connectivity index (χ1n) is 27.0. The maximum atomic E-state index is 8.53. The number of nitrogens with zero attached hydrogens (tertiary/aromatic N) is 4. The molecule has 0 saturated heterocycles. The second kappa shape index (κ2) is 25.2. The molecule has 10 nitrogen and oxygen atoms in total. The Labute approximate surface area is 456 Å². The number of nitrogens with one attached hydrogen (secondary N) is 6. The fourth-order valence-corrected chi connectivity index (χ4v) is 12.4. The van der Waals surface area contributed by atoms with Crippen LogP contribution in [0.1, 0.15) is 85.4 Å². The number of benzene rings is 6. The highest BCUT2D eigenvalue weighted by Crippen LogP contribution is 2.43. The summed E-state index contributed by atoms with van der Waals surface area (Å²) in [5.74, 6) is 3.34. The van der Waals surface area contributed by atoms with Crippen LogP contribution in [-0.2, 0) is 14.1 Å². The van der Waals surface area contributed by atoms with Gasteiger partial charge in [-0.25, -0.2) is 0 Å². The van der Waals surface area contributed by atoms with Crippen molar-refractivity contribution in [3.8, 4) is 0 Å². The van der Waals surface area contributed by atoms with Crippen LogP contribution in [0.2, 0.25) is 0 Å². The third-order valence-corrected chi connectivity index (χ3v) is 16.5. The Kier molecular flexibility index (Phi) is 17.1. The minimum absolute atomic E-state index is 0.597. The summed E-state index contributed by atoms with van der Waals surface area (Å²) in [5, 5.41) is 33.8. The number of rotatable bonds is 23. The lowest BCUT2D eigenvalue weighted by Gasteiger charge is -2.34. The summed E-state index contributed by atoms with van der Waals surface area (Å²) in [7, 11) is 4.31. The molecule has 0 fully saturated rings. The van der Waals surface area contributed by atoms with Crippen LogP contribution in [-0.4, -0.2) is 37.9 Å². The van der Waals surface area contributed by atoms with Crippen molar-refractivity contribution in [2.75, 3.05) is 36.0 Å². The Morgan fingerprint density at radius 2 is 0.829 bits per heavy atom. The van der Waals surface area contributed by atoms with E-state index >= 15 is 0 Å². The quantitative estimate of drug-likeness (QED) is 0.0165. The number of thiazole rings is 2. The molecule has 2 aliphatic heterocycles. The van der Waals surface area contributed by atoms with E-state index in [9.17, 15) is 0 Å². The van der Waals surface area contributed by atoms with E-state index in [-0.39, 0.29) is 0 Å². The minimum atomic E-state index is 0.597. The maximum absolute atomic E-state index is 8.53. The SMILES string of the molecule is C[n+]1c(C=C2C=C(NCCCCCNC(=N)CCCCC(=N)NCCCCCNC3=CC(=Cc4sc5ccccc5[n+]4C)c4ccccc4N3c3ccccc3)N(c3ccccc3)c3ccccc32)sc2ccccc21. The van der Waals surface area contributed by atoms with Crippen molar-refractivity contribution in [3.63, 3.8) is 0 Å². The number of hydrogen-bond donors (Lipinski definition) is 6. The summed E-state index contributed by atoms with van der Waals surface area (Å²) in [5.41, 5.74) is 11.9. The standard InChI is InChI=1S/C64H68N10S2/c1-71-55-33-15-17-35-57(55)75-63(71)45-47-43-61(73(49-25-7-3-8-26-49)53-31-13-11-29-51(47)53)69-41-23-5-21-39-67-59(65)37-19-20-38-60(66)68-40-22-6-24-42-70-62-44-48(46-64-72(2)56-34-16-18-36-58(56)76-64)52-30-12-14-32-54(52)74(62)50-27-9-4-10-28-50/h3-4,7-18,25-36,43-46H,5-6,19-24,37-42H2,1-2H3,(H4,65,66,67,68)/p+2. The number of allylic oxidation sites excluding steroid dienone is 4. The lowest BCUT2D eigenvalue weighted by molar-refractivity contribution is -0.642. The van der Waals surface area contributed by atoms with Gasteiger partial charge in [-0.3, -0.25) is 20.6 Å². The van der Waals surface area contributed by atoms with Crippen LogP contribution in [0.4, 0.5) is 22.7 Å². The monoisotopic (exact) mass is 1040 g/mol. The van der Waals surface area contributed by atoms with Gasteiger partial charge in [0.1, 0.15) is 35.1 Å². The Morgan fingerprint density at radius 3 is 1.26 bits per heavy atom. The minimum Gasteiger partial charge on any atom is -0.374 e. The lowest BCUT2D eigenvalue weighted by Crippen LogP contribution is -2.32. The highest BCUT2D eigenvalue weighted by Gasteiger charge is 2.27. The number of hydrogen-bond acceptors (Lipinski definition) is 8. The fraction of sp³-hybridized carbons (Fsp3) is 0.250. The molecule has 6 N–H and O–H groups in total. The van der Waals surface area contributed by atoms with Crippen LogP contribution in [0.5, 0.6) is 0 Å². The summed E-state index contributed by atoms with van der Waals surface area (Å²) in [6.07, 6.45) is 18.7. The van der Waals surface area contributed by atoms with E-state index in [1.807, 2.05) is 22.7 Å². The zero-order chi connectivity index (χ0) is 52.1. The number of para-hydroxylation sites is 6. The highest BCUT2D eigenvalue weighted by molar-refractivity contribution is 7.19. The Bertz CT molecular complexity index is 3200. The molecule has 0 bridgehead atoms. The predicted octanol–water partition coefficient (Wildman–Crippen LogP) is 13.7. The van der Waals surface area contributed by atoms with Crippen molar-refractivity contribution in [1.82, 2.24) is 21.3 Å². The third-order valence-electron chi connectivity index (χ3n) is 14.2. The smallest absolute Gasteiger partial charge is 0.263 e. The molecule has 6 aromatic carbocycles. The van der Waals surface area contributed by atoms with E-state index in [4.69, 9.17) is 10.8 Å². The van der Waals surface area contributed by atoms with Gasteiger partial charge in [0.2, 0.25) is 11.0 Å². The summed E-state index contributed by atoms with van der Waals surface area (Å²) in [6.45, 7) is 3.31. The molecular formula is C64H70N10S2+2. The molecule has 0 aliphatic carbocycles. The van der Waals surface area contributed by atoms with Crippen molar-refractivity contribution in [1.29, 1.82) is 10.8 Å². The van der Waals surface area contributed by atoms with Crippen LogP contribution in [0.25, 0.3) is 43.7 Å². The molecule has 0 radical (unpaired) electrons. The lowest BCUT2D eigenvalue weighted by atomic mass is 9.98. The third kappa shape index (κ3) is 12.3. The largest absolute Gasteiger partial charge is 0.374 e. The topological polar surface area (TPSA) is 110 Å². The number of amidine groups is 2. The van der Waals surface area contributed by atoms with Gasteiger partial charge in [0.05, 0.1) is 23.0 Å². The van der Waals surface area contributed by atoms with Crippen molar-refractivity contribution in [2.45, 2.75) is 64.2 Å². The summed E-state index contributed by atoms with van der Waals surface area (Å²) in [4.78, 5) is 4.68. The van der Waals surface area contributed by atoms with E-state index in [2.05, 4.69) is 236 Å². The predicted molar refractivity (Wildman–Crippen MR) is 322 cm³/mol. The molecule has 12 heteroatoms. The van der Waals surface area contributed by atoms with Gasteiger partial charge in [-0.05, 0) is 123 Å². The molecule has 0 saturated carbocycles. The van der Waals surface area contributed by atoms with Crippen LogP contribution in [0.15, 0.2) is 182 Å².